The summed E-state index contributed by atoms with van der Waals surface area (Å²) in [5.74, 6) is -2.17. The molecule has 0 aromatic carbocycles. The second kappa shape index (κ2) is 9.36. The lowest BCUT2D eigenvalue weighted by molar-refractivity contribution is -0.157. The summed E-state index contributed by atoms with van der Waals surface area (Å²) >= 11 is 0. The molecule has 4 heterocycles. The first kappa shape index (κ1) is 25.9. The number of likely N-dealkylation sites (tertiary alicyclic amines) is 1. The van der Waals surface area contributed by atoms with Crippen molar-refractivity contribution in [2.24, 2.45) is 17.8 Å². The molecule has 35 heavy (non-hydrogen) atoms. The van der Waals surface area contributed by atoms with E-state index in [1.165, 1.54) is 0 Å². The third-order valence-electron chi connectivity index (χ3n) is 8.57. The van der Waals surface area contributed by atoms with Crippen LogP contribution < -0.4 is 0 Å². The van der Waals surface area contributed by atoms with Crippen molar-refractivity contribution in [2.75, 3.05) is 26.2 Å². The van der Waals surface area contributed by atoms with Crippen molar-refractivity contribution in [3.8, 4) is 0 Å². The van der Waals surface area contributed by atoms with Crippen LogP contribution in [0, 0.1) is 17.8 Å². The minimum absolute atomic E-state index is 0.0277. The summed E-state index contributed by atoms with van der Waals surface area (Å²) in [6, 6.07) is -1.54. The largest absolute Gasteiger partial charge is 0.394 e. The molecule has 1 N–H and O–H groups in total. The number of ether oxygens (including phenoxy) is 1. The Balaban J connectivity index is 1.91. The number of amides is 3. The van der Waals surface area contributed by atoms with Crippen molar-refractivity contribution in [1.82, 2.24) is 14.7 Å². The van der Waals surface area contributed by atoms with Crippen LogP contribution in [0.4, 0.5) is 0 Å². The van der Waals surface area contributed by atoms with E-state index in [-0.39, 0.29) is 36.3 Å². The van der Waals surface area contributed by atoms with Gasteiger partial charge in [0.15, 0.2) is 0 Å². The zero-order chi connectivity index (χ0) is 25.7. The van der Waals surface area contributed by atoms with Crippen LogP contribution in [0.25, 0.3) is 0 Å². The molecule has 4 aliphatic heterocycles. The molecule has 8 nitrogen and oxygen atoms in total. The molecule has 0 saturated carbocycles. The summed E-state index contributed by atoms with van der Waals surface area (Å²) in [6.07, 6.45) is 9.19. The van der Waals surface area contributed by atoms with Gasteiger partial charge in [-0.2, -0.15) is 0 Å². The maximum atomic E-state index is 14.4. The Morgan fingerprint density at radius 2 is 1.71 bits per heavy atom. The van der Waals surface area contributed by atoms with Crippen LogP contribution in [-0.2, 0) is 19.1 Å². The fraction of sp³-hybridized carbons (Fsp3) is 0.741. The third kappa shape index (κ3) is 3.75. The van der Waals surface area contributed by atoms with E-state index in [0.717, 1.165) is 12.8 Å². The SMILES string of the molecule is CCCN1CC=C[C@]2(C)O[C@]34C=CCN(C(C)C)C(=O)C3N([C@@H](CO)[C@@H](C)CC)C(=O)[C@@H]4[C@@H]2C1=O. The van der Waals surface area contributed by atoms with Crippen LogP contribution in [-0.4, -0.2) is 93.1 Å². The maximum Gasteiger partial charge on any atom is 0.249 e. The van der Waals surface area contributed by atoms with Crippen LogP contribution >= 0.6 is 0 Å². The number of hydrogen-bond donors (Lipinski definition) is 1. The number of nitrogens with zero attached hydrogens (tertiary/aromatic N) is 3. The number of aliphatic hydroxyl groups is 1. The van der Waals surface area contributed by atoms with Gasteiger partial charge >= 0.3 is 0 Å². The first-order valence-electron chi connectivity index (χ1n) is 13.2. The Morgan fingerprint density at radius 1 is 1.03 bits per heavy atom. The van der Waals surface area contributed by atoms with Gasteiger partial charge in [-0.3, -0.25) is 14.4 Å². The van der Waals surface area contributed by atoms with E-state index in [0.29, 0.717) is 19.6 Å². The topological polar surface area (TPSA) is 90.4 Å². The van der Waals surface area contributed by atoms with Crippen molar-refractivity contribution < 1.29 is 24.2 Å². The van der Waals surface area contributed by atoms with Gasteiger partial charge in [0.25, 0.3) is 0 Å². The van der Waals surface area contributed by atoms with Gasteiger partial charge in [-0.25, -0.2) is 0 Å². The number of fused-ring (bicyclic) bond motifs is 2. The molecule has 0 aliphatic carbocycles. The van der Waals surface area contributed by atoms with E-state index < -0.39 is 35.1 Å². The number of carbonyl (C=O) groups is 3. The molecule has 0 aromatic heterocycles. The highest BCUT2D eigenvalue weighted by atomic mass is 16.5. The molecule has 2 saturated heterocycles. The predicted molar refractivity (Wildman–Crippen MR) is 132 cm³/mol. The average Bonchev–Trinajstić information content (AvgIpc) is 3.08. The van der Waals surface area contributed by atoms with Crippen LogP contribution in [0.15, 0.2) is 24.3 Å². The smallest absolute Gasteiger partial charge is 0.249 e. The second-order valence-corrected chi connectivity index (χ2v) is 11.1. The number of rotatable bonds is 7. The van der Waals surface area contributed by atoms with E-state index >= 15 is 0 Å². The lowest BCUT2D eigenvalue weighted by Gasteiger charge is -2.42. The molecule has 0 bridgehead atoms. The molecule has 7 atom stereocenters. The molecule has 0 aromatic rings. The molecule has 1 unspecified atom stereocenters. The molecular weight excluding hydrogens is 446 g/mol. The van der Waals surface area contributed by atoms with E-state index in [1.54, 1.807) is 14.7 Å². The zero-order valence-corrected chi connectivity index (χ0v) is 21.9. The van der Waals surface area contributed by atoms with E-state index in [4.69, 9.17) is 4.74 Å². The van der Waals surface area contributed by atoms with Crippen molar-refractivity contribution in [2.45, 2.75) is 83.7 Å². The number of aliphatic hydroxyl groups excluding tert-OH is 1. The number of hydrogen-bond acceptors (Lipinski definition) is 5. The van der Waals surface area contributed by atoms with Gasteiger partial charge in [0.2, 0.25) is 17.7 Å². The lowest BCUT2D eigenvalue weighted by atomic mass is 9.74. The Bertz CT molecular complexity index is 932. The van der Waals surface area contributed by atoms with Crippen molar-refractivity contribution in [1.29, 1.82) is 0 Å². The van der Waals surface area contributed by atoms with Crippen LogP contribution in [0.1, 0.15) is 54.4 Å². The van der Waals surface area contributed by atoms with Gasteiger partial charge in [-0.05, 0) is 33.1 Å². The molecule has 194 valence electrons. The van der Waals surface area contributed by atoms with Gasteiger partial charge in [0, 0.05) is 25.7 Å². The molecule has 4 aliphatic rings. The molecule has 0 radical (unpaired) electrons. The maximum absolute atomic E-state index is 14.4. The number of carbonyl (C=O) groups excluding carboxylic acids is 3. The zero-order valence-electron chi connectivity index (χ0n) is 21.9. The van der Waals surface area contributed by atoms with Gasteiger partial charge in [0.05, 0.1) is 30.1 Å². The second-order valence-electron chi connectivity index (χ2n) is 11.1. The molecule has 4 rings (SSSR count). The Kier molecular flexibility index (Phi) is 6.92. The van der Waals surface area contributed by atoms with Gasteiger partial charge in [-0.15, -0.1) is 0 Å². The van der Waals surface area contributed by atoms with Crippen LogP contribution in [0.5, 0.6) is 0 Å². The van der Waals surface area contributed by atoms with Gasteiger partial charge < -0.3 is 24.5 Å². The standard InChI is InChI=1S/C27H41N3O5/c1-7-13-28-14-9-11-26(6)20(23(28)32)21-24(33)30(19(16-31)18(5)8-2)22-25(34)29(17(3)4)15-10-12-27(21,22)35-26/h9-12,17-22,31H,7-8,13-16H2,1-6H3/t18-,19-,20+,21-,22?,26-,27-/m0/s1. The summed E-state index contributed by atoms with van der Waals surface area (Å²) in [5.41, 5.74) is -2.28. The van der Waals surface area contributed by atoms with Crippen molar-refractivity contribution >= 4 is 17.7 Å². The third-order valence-corrected chi connectivity index (χ3v) is 8.57. The minimum atomic E-state index is -1.27. The molecule has 8 heteroatoms. The summed E-state index contributed by atoms with van der Waals surface area (Å²) < 4.78 is 6.82. The minimum Gasteiger partial charge on any atom is -0.394 e. The van der Waals surface area contributed by atoms with E-state index in [9.17, 15) is 19.5 Å². The fourth-order valence-corrected chi connectivity index (χ4v) is 6.64. The van der Waals surface area contributed by atoms with Gasteiger partial charge in [0.1, 0.15) is 11.6 Å². The monoisotopic (exact) mass is 487 g/mol. The summed E-state index contributed by atoms with van der Waals surface area (Å²) in [5, 5.41) is 10.4. The molecule has 1 spiro atoms. The lowest BCUT2D eigenvalue weighted by Crippen LogP contribution is -2.60. The molecular formula is C27H41N3O5. The highest BCUT2D eigenvalue weighted by Gasteiger charge is 2.75. The van der Waals surface area contributed by atoms with Crippen molar-refractivity contribution in [3.05, 3.63) is 24.3 Å². The summed E-state index contributed by atoms with van der Waals surface area (Å²) in [7, 11) is 0. The highest BCUT2D eigenvalue weighted by molar-refractivity contribution is 6.00. The quantitative estimate of drug-likeness (QED) is 0.555. The van der Waals surface area contributed by atoms with Crippen LogP contribution in [0.2, 0.25) is 0 Å². The van der Waals surface area contributed by atoms with Gasteiger partial charge in [-0.1, -0.05) is 51.5 Å². The summed E-state index contributed by atoms with van der Waals surface area (Å²) in [4.78, 5) is 47.5. The Hall–Kier alpha value is -2.19. The van der Waals surface area contributed by atoms with E-state index in [1.807, 2.05) is 65.8 Å². The molecule has 3 amide bonds. The van der Waals surface area contributed by atoms with E-state index in [2.05, 4.69) is 0 Å². The van der Waals surface area contributed by atoms with Crippen molar-refractivity contribution in [3.63, 3.8) is 0 Å². The van der Waals surface area contributed by atoms with Crippen LogP contribution in [0.3, 0.4) is 0 Å². The normalized spacial score (nSPS) is 36.3. The Morgan fingerprint density at radius 3 is 2.31 bits per heavy atom. The average molecular weight is 488 g/mol. The highest BCUT2D eigenvalue weighted by Crippen LogP contribution is 2.58. The molecule has 2 fully saturated rings. The first-order chi connectivity index (χ1) is 16.6. The fourth-order valence-electron chi connectivity index (χ4n) is 6.64. The summed E-state index contributed by atoms with van der Waals surface area (Å²) in [6.45, 7) is 13.0. The predicted octanol–water partition coefficient (Wildman–Crippen LogP) is 1.98. The Labute approximate surface area is 208 Å². The first-order valence-corrected chi connectivity index (χ1v) is 13.2.